The zero-order valence-electron chi connectivity index (χ0n) is 21.3. The number of para-hydroxylation sites is 1. The second-order valence-corrected chi connectivity index (χ2v) is 10.9. The highest BCUT2D eigenvalue weighted by Gasteiger charge is 2.39. The van der Waals surface area contributed by atoms with E-state index in [2.05, 4.69) is 5.32 Å². The average molecular weight is 539 g/mol. The maximum absolute atomic E-state index is 14.1. The molecule has 10 heteroatoms. The number of fused-ring (bicyclic) bond motifs is 8. The molecule has 0 saturated carbocycles. The number of hydrogen-bond donors (Lipinski definition) is 1. The van der Waals surface area contributed by atoms with Gasteiger partial charge >= 0.3 is 0 Å². The van der Waals surface area contributed by atoms with Crippen molar-refractivity contribution in [3.05, 3.63) is 77.4 Å². The Morgan fingerprint density at radius 1 is 0.974 bits per heavy atom. The van der Waals surface area contributed by atoms with Crippen molar-refractivity contribution in [3.63, 3.8) is 0 Å². The number of carbonyl (C=O) groups is 1. The summed E-state index contributed by atoms with van der Waals surface area (Å²) >= 11 is 0. The number of sulfonamides is 1. The molecule has 9 nitrogen and oxygen atoms in total. The topological polar surface area (TPSA) is 103 Å². The standard InChI is InChI=1S/C28H30N2O7S/c1-34-23-9-3-4-10-26(23)38(32,33)30-13-11-19-16-25-24(35-2)17-22(19)28(30)20-7-5-8-21(15-20)36-14-6-12-29-27(31)18-37-25/h3-5,7-10,15-17,28H,6,11-14,18H2,1-2H3,(H,29,31). The van der Waals surface area contributed by atoms with Gasteiger partial charge < -0.3 is 24.3 Å². The van der Waals surface area contributed by atoms with E-state index in [1.54, 1.807) is 30.3 Å². The monoisotopic (exact) mass is 538 g/mol. The molecule has 38 heavy (non-hydrogen) atoms. The normalized spacial score (nSPS) is 18.2. The molecule has 1 atom stereocenters. The van der Waals surface area contributed by atoms with E-state index in [1.807, 2.05) is 30.3 Å². The van der Waals surface area contributed by atoms with E-state index in [0.29, 0.717) is 43.2 Å². The number of nitrogens with zero attached hydrogens (tertiary/aromatic N) is 1. The summed E-state index contributed by atoms with van der Waals surface area (Å²) in [5, 5.41) is 2.83. The van der Waals surface area contributed by atoms with E-state index >= 15 is 0 Å². The van der Waals surface area contributed by atoms with E-state index in [4.69, 9.17) is 18.9 Å². The predicted octanol–water partition coefficient (Wildman–Crippen LogP) is 3.32. The lowest BCUT2D eigenvalue weighted by Gasteiger charge is -2.37. The minimum Gasteiger partial charge on any atom is -0.495 e. The van der Waals surface area contributed by atoms with E-state index in [9.17, 15) is 13.2 Å². The van der Waals surface area contributed by atoms with Gasteiger partial charge in [0, 0.05) is 13.1 Å². The zero-order chi connectivity index (χ0) is 26.7. The summed E-state index contributed by atoms with van der Waals surface area (Å²) in [6, 6.07) is 17.1. The fourth-order valence-corrected chi connectivity index (χ4v) is 6.65. The Hall–Kier alpha value is -3.76. The molecule has 0 aromatic heterocycles. The highest BCUT2D eigenvalue weighted by atomic mass is 32.2. The number of hydrogen-bond acceptors (Lipinski definition) is 7. The third-order valence-electron chi connectivity index (χ3n) is 6.71. The molecule has 3 aliphatic rings. The first-order valence-electron chi connectivity index (χ1n) is 12.4. The fourth-order valence-electron chi connectivity index (χ4n) is 4.90. The van der Waals surface area contributed by atoms with Gasteiger partial charge in [0.15, 0.2) is 18.1 Å². The third kappa shape index (κ3) is 5.01. The SMILES string of the molecule is COc1cc2c3cc1OCC(=O)NCCCOc1cccc(c1)C2N(S(=O)(=O)c1ccccc1OC)CC3. The quantitative estimate of drug-likeness (QED) is 0.544. The minimum absolute atomic E-state index is 0.100. The van der Waals surface area contributed by atoms with Gasteiger partial charge in [-0.1, -0.05) is 24.3 Å². The Balaban J connectivity index is 1.68. The molecule has 1 amide bonds. The average Bonchev–Trinajstić information content (AvgIpc) is 2.94. The molecule has 0 fully saturated rings. The fraction of sp³-hybridized carbons (Fsp3) is 0.321. The van der Waals surface area contributed by atoms with Crippen LogP contribution in [0.3, 0.4) is 0 Å². The summed E-state index contributed by atoms with van der Waals surface area (Å²) in [6.07, 6.45) is 1.05. The van der Waals surface area contributed by atoms with Crippen LogP contribution in [0.2, 0.25) is 0 Å². The molecule has 0 aliphatic carbocycles. The molecule has 200 valence electrons. The van der Waals surface area contributed by atoms with Crippen LogP contribution in [0.4, 0.5) is 0 Å². The predicted molar refractivity (Wildman–Crippen MR) is 140 cm³/mol. The number of amides is 1. The van der Waals surface area contributed by atoms with Crippen LogP contribution < -0.4 is 24.3 Å². The van der Waals surface area contributed by atoms with Gasteiger partial charge in [-0.3, -0.25) is 4.79 Å². The molecule has 0 saturated heterocycles. The third-order valence-corrected chi connectivity index (χ3v) is 8.61. The summed E-state index contributed by atoms with van der Waals surface area (Å²) in [5.74, 6) is 1.51. The maximum atomic E-state index is 14.1. The summed E-state index contributed by atoms with van der Waals surface area (Å²) < 4.78 is 52.6. The smallest absolute Gasteiger partial charge is 0.257 e. The Morgan fingerprint density at radius 3 is 2.61 bits per heavy atom. The van der Waals surface area contributed by atoms with Crippen LogP contribution in [0, 0.1) is 0 Å². The van der Waals surface area contributed by atoms with E-state index in [-0.39, 0.29) is 29.7 Å². The van der Waals surface area contributed by atoms with Crippen LogP contribution in [0.15, 0.2) is 65.6 Å². The molecular formula is C28H30N2O7S. The summed E-state index contributed by atoms with van der Waals surface area (Å²) in [5.41, 5.74) is 2.45. The Bertz CT molecular complexity index is 1440. The Morgan fingerprint density at radius 2 is 1.79 bits per heavy atom. The van der Waals surface area contributed by atoms with Gasteiger partial charge in [0.1, 0.15) is 16.4 Å². The molecule has 1 N–H and O–H groups in total. The molecule has 3 heterocycles. The van der Waals surface area contributed by atoms with Gasteiger partial charge in [0.25, 0.3) is 5.91 Å². The van der Waals surface area contributed by atoms with Gasteiger partial charge in [-0.05, 0) is 65.9 Å². The van der Waals surface area contributed by atoms with E-state index < -0.39 is 16.1 Å². The second-order valence-electron chi connectivity index (χ2n) is 9.03. The minimum atomic E-state index is -3.97. The molecule has 1 unspecified atom stereocenters. The van der Waals surface area contributed by atoms with Crippen molar-refractivity contribution in [1.82, 2.24) is 9.62 Å². The summed E-state index contributed by atoms with van der Waals surface area (Å²) in [6.45, 7) is 0.907. The maximum Gasteiger partial charge on any atom is 0.257 e. The van der Waals surface area contributed by atoms with Crippen LogP contribution in [-0.4, -0.2) is 59.2 Å². The Labute approximate surface area is 222 Å². The Kier molecular flexibility index (Phi) is 7.44. The van der Waals surface area contributed by atoms with Crippen LogP contribution in [0.1, 0.15) is 29.2 Å². The van der Waals surface area contributed by atoms with Crippen molar-refractivity contribution in [2.45, 2.75) is 23.8 Å². The first kappa shape index (κ1) is 25.9. The lowest BCUT2D eigenvalue weighted by molar-refractivity contribution is -0.123. The highest BCUT2D eigenvalue weighted by molar-refractivity contribution is 7.89. The van der Waals surface area contributed by atoms with Gasteiger partial charge in [-0.15, -0.1) is 0 Å². The lowest BCUT2D eigenvalue weighted by Crippen LogP contribution is -2.40. The molecule has 3 aliphatic heterocycles. The van der Waals surface area contributed by atoms with Crippen molar-refractivity contribution in [3.8, 4) is 23.0 Å². The molecular weight excluding hydrogens is 508 g/mol. The zero-order valence-corrected chi connectivity index (χ0v) is 22.1. The lowest BCUT2D eigenvalue weighted by atomic mass is 9.89. The van der Waals surface area contributed by atoms with Gasteiger partial charge in [-0.2, -0.15) is 4.31 Å². The number of benzene rings is 3. The first-order chi connectivity index (χ1) is 18.4. The van der Waals surface area contributed by atoms with Crippen LogP contribution in [0.5, 0.6) is 23.0 Å². The number of methoxy groups -OCH3 is 2. The van der Waals surface area contributed by atoms with Gasteiger partial charge in [-0.25, -0.2) is 8.42 Å². The number of rotatable bonds is 4. The molecule has 0 radical (unpaired) electrons. The molecule has 0 spiro atoms. The summed E-state index contributed by atoms with van der Waals surface area (Å²) in [4.78, 5) is 12.4. The van der Waals surface area contributed by atoms with Crippen molar-refractivity contribution < 1.29 is 32.2 Å². The largest absolute Gasteiger partial charge is 0.495 e. The molecule has 6 bridgehead atoms. The first-order valence-corrected chi connectivity index (χ1v) is 13.8. The van der Waals surface area contributed by atoms with Crippen LogP contribution in [-0.2, 0) is 21.2 Å². The molecule has 6 rings (SSSR count). The summed E-state index contributed by atoms with van der Waals surface area (Å²) in [7, 11) is -1.000. The van der Waals surface area contributed by atoms with Crippen LogP contribution in [0.25, 0.3) is 0 Å². The van der Waals surface area contributed by atoms with Crippen molar-refractivity contribution in [1.29, 1.82) is 0 Å². The second kappa shape index (κ2) is 10.9. The van der Waals surface area contributed by atoms with Crippen molar-refractivity contribution in [2.24, 2.45) is 0 Å². The van der Waals surface area contributed by atoms with E-state index in [0.717, 1.165) is 16.7 Å². The highest BCUT2D eigenvalue weighted by Crippen LogP contribution is 2.44. The van der Waals surface area contributed by atoms with Crippen molar-refractivity contribution >= 4 is 15.9 Å². The van der Waals surface area contributed by atoms with E-state index in [1.165, 1.54) is 18.5 Å². The van der Waals surface area contributed by atoms with Crippen molar-refractivity contribution in [2.75, 3.05) is 40.5 Å². The van der Waals surface area contributed by atoms with Crippen LogP contribution >= 0.6 is 0 Å². The van der Waals surface area contributed by atoms with Gasteiger partial charge in [0.2, 0.25) is 10.0 Å². The molecule has 3 aromatic carbocycles. The number of carbonyl (C=O) groups excluding carboxylic acids is 1. The number of ether oxygens (including phenoxy) is 4. The number of nitrogens with one attached hydrogen (secondary N) is 1. The van der Waals surface area contributed by atoms with Gasteiger partial charge in [0.05, 0.1) is 26.9 Å². The molecule has 3 aromatic rings.